The molecule has 4 nitrogen and oxygen atoms in total. The Morgan fingerprint density at radius 1 is 0.784 bits per heavy atom. The van der Waals surface area contributed by atoms with E-state index < -0.39 is 15.6 Å². The Bertz CT molecular complexity index is 1470. The second-order valence-electron chi connectivity index (χ2n) is 8.88. The molecule has 0 amide bonds. The van der Waals surface area contributed by atoms with E-state index in [2.05, 4.69) is 102 Å². The summed E-state index contributed by atoms with van der Waals surface area (Å²) in [6, 6.07) is 33.1. The van der Waals surface area contributed by atoms with Gasteiger partial charge in [-0.05, 0) is 49.4 Å². The monoisotopic (exact) mass is 525 g/mol. The SMILES string of the molecule is Cc1ccc(-c2cc(-c3ccccc3)c3c([n+]2-c2ccccc2)CCCC3)cc1.O=S(=O)([O-])C(F)(F)F. The summed E-state index contributed by atoms with van der Waals surface area (Å²) in [6.45, 7) is 2.15. The van der Waals surface area contributed by atoms with Crippen LogP contribution in [0.25, 0.3) is 28.1 Å². The quantitative estimate of drug-likeness (QED) is 0.173. The standard InChI is InChI=1S/C28H26N.CHF3O3S/c1-21-16-18-23(19-17-21)28-20-26(22-10-4-2-5-11-22)25-14-8-9-15-27(25)29(28)24-12-6-3-7-13-24;2-1(3,4)8(5,6)7/h2-7,10-13,16-20H,8-9,14-15H2,1H3;(H,5,6,7)/q+1;/p-1. The van der Waals surface area contributed by atoms with Gasteiger partial charge in [0.1, 0.15) is 0 Å². The van der Waals surface area contributed by atoms with E-state index >= 15 is 0 Å². The van der Waals surface area contributed by atoms with Crippen LogP contribution >= 0.6 is 0 Å². The molecule has 0 radical (unpaired) electrons. The molecule has 0 N–H and O–H groups in total. The summed E-state index contributed by atoms with van der Waals surface area (Å²) in [5, 5.41) is 0. The van der Waals surface area contributed by atoms with Gasteiger partial charge in [-0.3, -0.25) is 0 Å². The van der Waals surface area contributed by atoms with E-state index in [1.54, 1.807) is 0 Å². The zero-order valence-electron chi connectivity index (χ0n) is 20.2. The van der Waals surface area contributed by atoms with E-state index in [0.29, 0.717) is 0 Å². The van der Waals surface area contributed by atoms with Crippen LogP contribution in [-0.4, -0.2) is 18.5 Å². The topological polar surface area (TPSA) is 61.1 Å². The number of benzene rings is 3. The highest BCUT2D eigenvalue weighted by atomic mass is 32.2. The molecule has 0 fully saturated rings. The summed E-state index contributed by atoms with van der Waals surface area (Å²) >= 11 is 0. The first-order chi connectivity index (χ1) is 17.6. The molecule has 1 heterocycles. The third kappa shape index (κ3) is 6.09. The van der Waals surface area contributed by atoms with Gasteiger partial charge in [0.05, 0.1) is 0 Å². The predicted octanol–water partition coefficient (Wildman–Crippen LogP) is 6.54. The maximum absolute atomic E-state index is 10.7. The number of alkyl halides is 3. The maximum Gasteiger partial charge on any atom is 0.485 e. The first kappa shape index (κ1) is 26.6. The Hall–Kier alpha value is -3.49. The van der Waals surface area contributed by atoms with Crippen LogP contribution in [0.3, 0.4) is 0 Å². The lowest BCUT2D eigenvalue weighted by Gasteiger charge is -2.20. The predicted molar refractivity (Wildman–Crippen MR) is 136 cm³/mol. The van der Waals surface area contributed by atoms with Gasteiger partial charge in [0, 0.05) is 35.7 Å². The van der Waals surface area contributed by atoms with E-state index in [9.17, 15) is 13.2 Å². The molecule has 37 heavy (non-hydrogen) atoms. The zero-order valence-corrected chi connectivity index (χ0v) is 21.0. The molecule has 1 aromatic heterocycles. The molecule has 3 aromatic carbocycles. The molecule has 4 aromatic rings. The van der Waals surface area contributed by atoms with Crippen molar-refractivity contribution >= 4 is 10.1 Å². The molecule has 0 atom stereocenters. The molecule has 8 heteroatoms. The van der Waals surface area contributed by atoms with Crippen LogP contribution in [0.5, 0.6) is 0 Å². The third-order valence-electron chi connectivity index (χ3n) is 6.29. The van der Waals surface area contributed by atoms with E-state index in [0.717, 1.165) is 12.8 Å². The van der Waals surface area contributed by atoms with Crippen LogP contribution in [-0.2, 0) is 23.0 Å². The number of nitrogens with zero attached hydrogens (tertiary/aromatic N) is 1. The Morgan fingerprint density at radius 3 is 1.89 bits per heavy atom. The fourth-order valence-electron chi connectivity index (χ4n) is 4.54. The molecule has 0 spiro atoms. The summed E-state index contributed by atoms with van der Waals surface area (Å²) in [4.78, 5) is 0. The second kappa shape index (κ2) is 10.9. The lowest BCUT2D eigenvalue weighted by molar-refractivity contribution is -0.593. The summed E-state index contributed by atoms with van der Waals surface area (Å²) in [7, 11) is -6.09. The Balaban J connectivity index is 0.000000349. The van der Waals surface area contributed by atoms with Crippen molar-refractivity contribution in [1.29, 1.82) is 0 Å². The highest BCUT2D eigenvalue weighted by molar-refractivity contribution is 7.86. The van der Waals surface area contributed by atoms with Crippen molar-refractivity contribution in [3.05, 3.63) is 108 Å². The van der Waals surface area contributed by atoms with E-state index in [4.69, 9.17) is 13.0 Å². The molecule has 1 aliphatic rings. The van der Waals surface area contributed by atoms with Gasteiger partial charge in [0.2, 0.25) is 11.4 Å². The minimum atomic E-state index is -6.09. The lowest BCUT2D eigenvalue weighted by Crippen LogP contribution is -2.41. The molecule has 0 aliphatic heterocycles. The molecule has 0 saturated carbocycles. The van der Waals surface area contributed by atoms with Crippen molar-refractivity contribution in [1.82, 2.24) is 0 Å². The summed E-state index contributed by atoms with van der Waals surface area (Å²) in [5.74, 6) is 0. The largest absolute Gasteiger partial charge is 0.741 e. The molecule has 192 valence electrons. The smallest absolute Gasteiger partial charge is 0.485 e. The fourth-order valence-corrected chi connectivity index (χ4v) is 4.54. The molecular weight excluding hydrogens is 499 g/mol. The van der Waals surface area contributed by atoms with Crippen molar-refractivity contribution in [2.45, 2.75) is 38.1 Å². The van der Waals surface area contributed by atoms with E-state index in [1.807, 2.05) is 0 Å². The number of fused-ring (bicyclic) bond motifs is 1. The van der Waals surface area contributed by atoms with Crippen LogP contribution < -0.4 is 4.57 Å². The summed E-state index contributed by atoms with van der Waals surface area (Å²) < 4.78 is 61.4. The molecule has 1 aliphatic carbocycles. The second-order valence-corrected chi connectivity index (χ2v) is 10.2. The molecule has 0 unspecified atom stereocenters. The summed E-state index contributed by atoms with van der Waals surface area (Å²) in [5.41, 5.74) is 5.14. The van der Waals surface area contributed by atoms with E-state index in [1.165, 1.54) is 57.7 Å². The number of halogens is 3. The van der Waals surface area contributed by atoms with Gasteiger partial charge in [-0.1, -0.05) is 66.2 Å². The van der Waals surface area contributed by atoms with Crippen molar-refractivity contribution in [3.8, 4) is 28.1 Å². The van der Waals surface area contributed by atoms with Gasteiger partial charge < -0.3 is 4.55 Å². The minimum Gasteiger partial charge on any atom is -0.741 e. The zero-order chi connectivity index (χ0) is 26.6. The highest BCUT2D eigenvalue weighted by Crippen LogP contribution is 2.34. The average Bonchev–Trinajstić information content (AvgIpc) is 2.88. The van der Waals surface area contributed by atoms with Crippen LogP contribution in [0.1, 0.15) is 29.7 Å². The fraction of sp³-hybridized carbons (Fsp3) is 0.207. The molecular formula is C29H26F3NO3S. The summed E-state index contributed by atoms with van der Waals surface area (Å²) in [6.07, 6.45) is 4.81. The Labute approximate surface area is 214 Å². The van der Waals surface area contributed by atoms with Crippen LogP contribution in [0.2, 0.25) is 0 Å². The number of aromatic nitrogens is 1. The van der Waals surface area contributed by atoms with Crippen molar-refractivity contribution < 1.29 is 30.7 Å². The molecule has 0 saturated heterocycles. The maximum atomic E-state index is 10.7. The van der Waals surface area contributed by atoms with Gasteiger partial charge >= 0.3 is 5.51 Å². The first-order valence-electron chi connectivity index (χ1n) is 11.9. The van der Waals surface area contributed by atoms with Crippen LogP contribution in [0, 0.1) is 6.92 Å². The van der Waals surface area contributed by atoms with Crippen molar-refractivity contribution in [2.24, 2.45) is 0 Å². The normalized spacial score (nSPS) is 13.3. The van der Waals surface area contributed by atoms with Gasteiger partial charge in [0.15, 0.2) is 15.8 Å². The Kier molecular flexibility index (Phi) is 7.80. The minimum absolute atomic E-state index is 1.13. The van der Waals surface area contributed by atoms with E-state index in [-0.39, 0.29) is 0 Å². The first-order valence-corrected chi connectivity index (χ1v) is 13.3. The third-order valence-corrected chi connectivity index (χ3v) is 6.85. The van der Waals surface area contributed by atoms with Gasteiger partial charge in [-0.25, -0.2) is 8.42 Å². The number of rotatable bonds is 3. The van der Waals surface area contributed by atoms with Gasteiger partial charge in [0.25, 0.3) is 0 Å². The molecule has 0 bridgehead atoms. The van der Waals surface area contributed by atoms with Crippen molar-refractivity contribution in [2.75, 3.05) is 0 Å². The number of para-hydroxylation sites is 1. The number of aryl methyl sites for hydroxylation is 1. The van der Waals surface area contributed by atoms with Crippen molar-refractivity contribution in [3.63, 3.8) is 0 Å². The van der Waals surface area contributed by atoms with Gasteiger partial charge in [-0.2, -0.15) is 17.7 Å². The average molecular weight is 526 g/mol. The number of pyridine rings is 1. The highest BCUT2D eigenvalue weighted by Gasteiger charge is 2.37. The number of hydrogen-bond acceptors (Lipinski definition) is 3. The van der Waals surface area contributed by atoms with Crippen LogP contribution in [0.15, 0.2) is 91.0 Å². The van der Waals surface area contributed by atoms with Gasteiger partial charge in [-0.15, -0.1) is 0 Å². The Morgan fingerprint density at radius 2 is 1.32 bits per heavy atom. The number of hydrogen-bond donors (Lipinski definition) is 0. The molecule has 5 rings (SSSR count). The van der Waals surface area contributed by atoms with Crippen LogP contribution in [0.4, 0.5) is 13.2 Å². The lowest BCUT2D eigenvalue weighted by atomic mass is 9.87.